The Labute approximate surface area is 183 Å². The Hall–Kier alpha value is -3.02. The van der Waals surface area contributed by atoms with Gasteiger partial charge in [0.1, 0.15) is 5.60 Å². The van der Waals surface area contributed by atoms with E-state index in [2.05, 4.69) is 41.8 Å². The van der Waals surface area contributed by atoms with Gasteiger partial charge in [0.15, 0.2) is 0 Å². The van der Waals surface area contributed by atoms with Gasteiger partial charge in [-0.25, -0.2) is 4.79 Å². The van der Waals surface area contributed by atoms with Gasteiger partial charge in [0, 0.05) is 19.0 Å². The number of benzene rings is 2. The minimum atomic E-state index is -0.480. The van der Waals surface area contributed by atoms with Gasteiger partial charge in [-0.2, -0.15) is 4.98 Å². The second kappa shape index (κ2) is 8.61. The molecule has 1 atom stereocenters. The van der Waals surface area contributed by atoms with E-state index in [1.165, 1.54) is 11.1 Å². The van der Waals surface area contributed by atoms with Crippen LogP contribution >= 0.6 is 0 Å². The highest BCUT2D eigenvalue weighted by Crippen LogP contribution is 2.25. The molecule has 1 unspecified atom stereocenters. The average Bonchev–Trinajstić information content (AvgIpc) is 3.32. The SMILES string of the molecule is Cc1ccc(Cn2c(OCC3CCN(C(=O)OC(C)(C)C)C3)nc3ccccc32)cc1. The molecule has 0 saturated carbocycles. The van der Waals surface area contributed by atoms with Crippen molar-refractivity contribution >= 4 is 17.1 Å². The number of carbonyl (C=O) groups is 1. The maximum Gasteiger partial charge on any atom is 0.410 e. The molecule has 31 heavy (non-hydrogen) atoms. The van der Waals surface area contributed by atoms with E-state index in [0.29, 0.717) is 32.3 Å². The van der Waals surface area contributed by atoms with Crippen LogP contribution in [0.3, 0.4) is 0 Å². The lowest BCUT2D eigenvalue weighted by molar-refractivity contribution is 0.0284. The number of nitrogens with zero attached hydrogens (tertiary/aromatic N) is 3. The summed E-state index contributed by atoms with van der Waals surface area (Å²) >= 11 is 0. The molecule has 1 saturated heterocycles. The quantitative estimate of drug-likeness (QED) is 0.580. The summed E-state index contributed by atoms with van der Waals surface area (Å²) in [5.41, 5.74) is 3.94. The van der Waals surface area contributed by atoms with E-state index in [-0.39, 0.29) is 12.0 Å². The molecule has 6 nitrogen and oxygen atoms in total. The molecule has 1 fully saturated rings. The number of hydrogen-bond acceptors (Lipinski definition) is 4. The van der Waals surface area contributed by atoms with Crippen LogP contribution in [0.1, 0.15) is 38.3 Å². The normalized spacial score (nSPS) is 16.6. The van der Waals surface area contributed by atoms with Crippen molar-refractivity contribution in [1.29, 1.82) is 0 Å². The molecule has 1 aliphatic rings. The summed E-state index contributed by atoms with van der Waals surface area (Å²) in [6.07, 6.45) is 0.652. The molecule has 2 heterocycles. The molecule has 2 aromatic carbocycles. The number of para-hydroxylation sites is 2. The Bertz CT molecular complexity index is 1050. The first kappa shape index (κ1) is 21.2. The topological polar surface area (TPSA) is 56.6 Å². The summed E-state index contributed by atoms with van der Waals surface area (Å²) < 4.78 is 13.8. The highest BCUT2D eigenvalue weighted by atomic mass is 16.6. The lowest BCUT2D eigenvalue weighted by Gasteiger charge is -2.24. The molecule has 164 valence electrons. The Morgan fingerprint density at radius 2 is 1.87 bits per heavy atom. The molecule has 1 aliphatic heterocycles. The monoisotopic (exact) mass is 421 g/mol. The fraction of sp³-hybridized carbons (Fsp3) is 0.440. The molecule has 1 amide bonds. The van der Waals surface area contributed by atoms with Crippen LogP contribution in [-0.2, 0) is 11.3 Å². The Morgan fingerprint density at radius 3 is 2.61 bits per heavy atom. The van der Waals surface area contributed by atoms with Crippen molar-refractivity contribution in [2.24, 2.45) is 5.92 Å². The number of aryl methyl sites for hydroxylation is 1. The number of aromatic nitrogens is 2. The predicted octanol–water partition coefficient (Wildman–Crippen LogP) is 5.03. The largest absolute Gasteiger partial charge is 0.464 e. The Balaban J connectivity index is 1.45. The number of ether oxygens (including phenoxy) is 2. The lowest BCUT2D eigenvalue weighted by Crippen LogP contribution is -2.35. The van der Waals surface area contributed by atoms with E-state index in [4.69, 9.17) is 14.5 Å². The molecule has 1 aromatic heterocycles. The Morgan fingerprint density at radius 1 is 1.13 bits per heavy atom. The Kier molecular flexibility index (Phi) is 5.90. The number of imidazole rings is 1. The highest BCUT2D eigenvalue weighted by Gasteiger charge is 2.30. The zero-order valence-electron chi connectivity index (χ0n) is 18.8. The van der Waals surface area contributed by atoms with Gasteiger partial charge in [-0.1, -0.05) is 42.0 Å². The fourth-order valence-electron chi connectivity index (χ4n) is 3.85. The van der Waals surface area contributed by atoms with Gasteiger partial charge in [-0.15, -0.1) is 0 Å². The summed E-state index contributed by atoms with van der Waals surface area (Å²) in [7, 11) is 0. The molecule has 0 spiro atoms. The molecule has 0 N–H and O–H groups in total. The van der Waals surface area contributed by atoms with Gasteiger partial charge >= 0.3 is 6.09 Å². The van der Waals surface area contributed by atoms with Crippen LogP contribution < -0.4 is 4.74 Å². The fourth-order valence-corrected chi connectivity index (χ4v) is 3.85. The van der Waals surface area contributed by atoms with Crippen molar-refractivity contribution in [1.82, 2.24) is 14.5 Å². The van der Waals surface area contributed by atoms with Crippen molar-refractivity contribution < 1.29 is 14.3 Å². The first-order valence-corrected chi connectivity index (χ1v) is 10.9. The van der Waals surface area contributed by atoms with Gasteiger partial charge in [0.25, 0.3) is 6.01 Å². The minimum Gasteiger partial charge on any atom is -0.464 e. The first-order chi connectivity index (χ1) is 14.8. The van der Waals surface area contributed by atoms with Crippen LogP contribution in [-0.4, -0.2) is 45.8 Å². The van der Waals surface area contributed by atoms with Gasteiger partial charge in [0.05, 0.1) is 24.2 Å². The van der Waals surface area contributed by atoms with Crippen molar-refractivity contribution in [3.63, 3.8) is 0 Å². The van der Waals surface area contributed by atoms with Gasteiger partial charge in [0.2, 0.25) is 0 Å². The molecule has 0 bridgehead atoms. The number of rotatable bonds is 5. The van der Waals surface area contributed by atoms with Crippen LogP contribution in [0.4, 0.5) is 4.79 Å². The molecular weight excluding hydrogens is 390 g/mol. The van der Waals surface area contributed by atoms with E-state index in [1.807, 2.05) is 39.0 Å². The molecular formula is C25H31N3O3. The van der Waals surface area contributed by atoms with Gasteiger partial charge in [-0.05, 0) is 51.8 Å². The van der Waals surface area contributed by atoms with Crippen LogP contribution in [0.25, 0.3) is 11.0 Å². The third kappa shape index (κ3) is 5.19. The van der Waals surface area contributed by atoms with E-state index >= 15 is 0 Å². The van der Waals surface area contributed by atoms with Crippen LogP contribution in [0.5, 0.6) is 6.01 Å². The smallest absolute Gasteiger partial charge is 0.410 e. The highest BCUT2D eigenvalue weighted by molar-refractivity contribution is 5.76. The summed E-state index contributed by atoms with van der Waals surface area (Å²) in [5.74, 6) is 0.264. The maximum atomic E-state index is 12.3. The van der Waals surface area contributed by atoms with E-state index in [1.54, 1.807) is 4.90 Å². The lowest BCUT2D eigenvalue weighted by atomic mass is 10.1. The summed E-state index contributed by atoms with van der Waals surface area (Å²) in [4.78, 5) is 18.8. The van der Waals surface area contributed by atoms with E-state index < -0.39 is 5.60 Å². The molecule has 0 radical (unpaired) electrons. The summed E-state index contributed by atoms with van der Waals surface area (Å²) in [6.45, 7) is 10.3. The zero-order chi connectivity index (χ0) is 22.0. The minimum absolute atomic E-state index is 0.249. The second-order valence-electron chi connectivity index (χ2n) is 9.35. The number of amides is 1. The average molecular weight is 422 g/mol. The first-order valence-electron chi connectivity index (χ1n) is 10.9. The van der Waals surface area contributed by atoms with Gasteiger partial charge in [-0.3, -0.25) is 4.57 Å². The van der Waals surface area contributed by atoms with Crippen molar-refractivity contribution in [2.75, 3.05) is 19.7 Å². The zero-order valence-corrected chi connectivity index (χ0v) is 18.8. The summed E-state index contributed by atoms with van der Waals surface area (Å²) in [5, 5.41) is 0. The van der Waals surface area contributed by atoms with Crippen molar-refractivity contribution in [3.05, 3.63) is 59.7 Å². The van der Waals surface area contributed by atoms with Crippen LogP contribution in [0.15, 0.2) is 48.5 Å². The second-order valence-corrected chi connectivity index (χ2v) is 9.35. The number of fused-ring (bicyclic) bond motifs is 1. The predicted molar refractivity (Wildman–Crippen MR) is 121 cm³/mol. The van der Waals surface area contributed by atoms with Crippen molar-refractivity contribution in [3.8, 4) is 6.01 Å². The van der Waals surface area contributed by atoms with Gasteiger partial charge < -0.3 is 14.4 Å². The summed E-state index contributed by atoms with van der Waals surface area (Å²) in [6, 6.07) is 17.2. The van der Waals surface area contributed by atoms with E-state index in [0.717, 1.165) is 17.5 Å². The third-order valence-corrected chi connectivity index (χ3v) is 5.47. The maximum absolute atomic E-state index is 12.3. The van der Waals surface area contributed by atoms with E-state index in [9.17, 15) is 4.79 Å². The number of carbonyl (C=O) groups excluding carboxylic acids is 1. The molecule has 6 heteroatoms. The van der Waals surface area contributed by atoms with Crippen molar-refractivity contribution in [2.45, 2.75) is 46.3 Å². The van der Waals surface area contributed by atoms with Crippen LogP contribution in [0.2, 0.25) is 0 Å². The van der Waals surface area contributed by atoms with Crippen LogP contribution in [0, 0.1) is 12.8 Å². The molecule has 3 aromatic rings. The number of likely N-dealkylation sites (tertiary alicyclic amines) is 1. The molecule has 4 rings (SSSR count). The standard InChI is InChI=1S/C25H31N3O3/c1-18-9-11-19(12-10-18)16-28-22-8-6-5-7-21(22)26-23(28)30-17-20-13-14-27(15-20)24(29)31-25(2,3)4/h5-12,20H,13-17H2,1-4H3. The molecule has 0 aliphatic carbocycles. The number of hydrogen-bond donors (Lipinski definition) is 0. The third-order valence-electron chi connectivity index (χ3n) is 5.47.